The topological polar surface area (TPSA) is 148 Å². The van der Waals surface area contributed by atoms with Gasteiger partial charge in [0.25, 0.3) is 5.88 Å². The maximum absolute atomic E-state index is 11.0. The number of nitrogens with one attached hydrogen (secondary N) is 1. The van der Waals surface area contributed by atoms with Crippen LogP contribution in [0, 0.1) is 0 Å². The molecule has 0 radical (unpaired) electrons. The fraction of sp³-hybridized carbons (Fsp3) is 0. The van der Waals surface area contributed by atoms with E-state index in [-0.39, 0.29) is 22.2 Å². The van der Waals surface area contributed by atoms with Crippen LogP contribution in [0.25, 0.3) is 0 Å². The molecule has 0 aliphatic heterocycles. The Bertz CT molecular complexity index is 706. The van der Waals surface area contributed by atoms with Gasteiger partial charge in [-0.3, -0.25) is 0 Å². The number of benzene rings is 1. The molecule has 0 saturated carbocycles. The zero-order valence-electron chi connectivity index (χ0n) is 9.27. The summed E-state index contributed by atoms with van der Waals surface area (Å²) in [5, 5.41) is 22.6. The molecule has 0 aliphatic carbocycles. The van der Waals surface area contributed by atoms with Crippen LogP contribution in [0.2, 0.25) is 0 Å². The summed E-state index contributed by atoms with van der Waals surface area (Å²) in [6.45, 7) is 0. The van der Waals surface area contributed by atoms with Gasteiger partial charge in [-0.05, 0) is 24.3 Å². The third-order valence-corrected chi connectivity index (χ3v) is 3.02. The number of nitrogens with two attached hydrogens (primary N) is 1. The summed E-state index contributed by atoms with van der Waals surface area (Å²) in [5.41, 5.74) is -0.379. The van der Waals surface area contributed by atoms with Crippen LogP contribution in [0.5, 0.6) is 11.6 Å². The Labute approximate surface area is 107 Å². The first kappa shape index (κ1) is 13.0. The summed E-state index contributed by atoms with van der Waals surface area (Å²) >= 11 is 0. The van der Waals surface area contributed by atoms with Gasteiger partial charge in [-0.2, -0.15) is 0 Å². The lowest BCUT2D eigenvalue weighted by molar-refractivity contribution is 0.0687. The van der Waals surface area contributed by atoms with Crippen LogP contribution in [-0.2, 0) is 10.0 Å². The molecule has 0 saturated heterocycles. The maximum Gasteiger partial charge on any atom is 0.362 e. The number of hydrogen-bond acceptors (Lipinski definition) is 6. The second-order valence-electron chi connectivity index (χ2n) is 3.41. The highest BCUT2D eigenvalue weighted by Gasteiger charge is 2.17. The van der Waals surface area contributed by atoms with E-state index in [0.29, 0.717) is 0 Å². The van der Waals surface area contributed by atoms with Crippen LogP contribution in [-0.4, -0.2) is 34.9 Å². The van der Waals surface area contributed by atoms with Crippen molar-refractivity contribution in [1.82, 2.24) is 15.4 Å². The molecule has 4 N–H and O–H groups in total. The van der Waals surface area contributed by atoms with Crippen LogP contribution in [0.4, 0.5) is 0 Å². The molecule has 0 spiro atoms. The van der Waals surface area contributed by atoms with Gasteiger partial charge in [0.15, 0.2) is 0 Å². The van der Waals surface area contributed by atoms with Gasteiger partial charge in [0.05, 0.1) is 4.90 Å². The number of aromatic carboxylic acids is 1. The molecule has 1 heterocycles. The van der Waals surface area contributed by atoms with E-state index in [1.54, 1.807) is 0 Å². The lowest BCUT2D eigenvalue weighted by atomic mass is 10.3. The van der Waals surface area contributed by atoms with Gasteiger partial charge in [-0.15, -0.1) is 5.10 Å². The maximum atomic E-state index is 11.0. The number of sulfonamides is 1. The Kier molecular flexibility index (Phi) is 3.19. The molecule has 0 amide bonds. The summed E-state index contributed by atoms with van der Waals surface area (Å²) in [4.78, 5) is 10.7. The molecular formula is C9H8N4O5S. The molecule has 2 aromatic rings. The van der Waals surface area contributed by atoms with Crippen LogP contribution < -0.4 is 9.88 Å². The SMILES string of the molecule is NS(=O)(=O)c1ccc(Oc2[nH]nnc2C(=O)O)cc1. The Morgan fingerprint density at radius 2 is 1.95 bits per heavy atom. The van der Waals surface area contributed by atoms with Gasteiger partial charge < -0.3 is 9.84 Å². The zero-order valence-corrected chi connectivity index (χ0v) is 10.1. The molecule has 0 atom stereocenters. The fourth-order valence-electron chi connectivity index (χ4n) is 1.25. The predicted octanol–water partition coefficient (Wildman–Crippen LogP) is -0.0574. The van der Waals surface area contributed by atoms with E-state index >= 15 is 0 Å². The molecule has 1 aromatic heterocycles. The van der Waals surface area contributed by atoms with E-state index in [9.17, 15) is 13.2 Å². The van der Waals surface area contributed by atoms with Crippen molar-refractivity contribution >= 4 is 16.0 Å². The van der Waals surface area contributed by atoms with Gasteiger partial charge >= 0.3 is 5.97 Å². The number of aromatic nitrogens is 3. The van der Waals surface area contributed by atoms with Crippen molar-refractivity contribution in [3.63, 3.8) is 0 Å². The molecule has 2 rings (SSSR count). The number of aromatic amines is 1. The van der Waals surface area contributed by atoms with Crippen LogP contribution in [0.15, 0.2) is 29.2 Å². The van der Waals surface area contributed by atoms with E-state index < -0.39 is 16.0 Å². The van der Waals surface area contributed by atoms with E-state index in [1.165, 1.54) is 24.3 Å². The summed E-state index contributed by atoms with van der Waals surface area (Å²) in [6, 6.07) is 5.11. The lowest BCUT2D eigenvalue weighted by Crippen LogP contribution is -2.11. The normalized spacial score (nSPS) is 11.2. The zero-order chi connectivity index (χ0) is 14.0. The van der Waals surface area contributed by atoms with E-state index in [2.05, 4.69) is 15.4 Å². The number of nitrogens with zero attached hydrogens (tertiary/aromatic N) is 2. The van der Waals surface area contributed by atoms with Crippen LogP contribution >= 0.6 is 0 Å². The molecular weight excluding hydrogens is 276 g/mol. The number of H-pyrrole nitrogens is 1. The second-order valence-corrected chi connectivity index (χ2v) is 4.97. The quantitative estimate of drug-likeness (QED) is 0.712. The molecule has 19 heavy (non-hydrogen) atoms. The molecule has 9 nitrogen and oxygen atoms in total. The summed E-state index contributed by atoms with van der Waals surface area (Å²) in [7, 11) is -3.79. The van der Waals surface area contributed by atoms with Crippen molar-refractivity contribution in [2.75, 3.05) is 0 Å². The third kappa shape index (κ3) is 2.86. The highest BCUT2D eigenvalue weighted by molar-refractivity contribution is 7.89. The number of carboxylic acids is 1. The number of carbonyl (C=O) groups is 1. The molecule has 0 fully saturated rings. The highest BCUT2D eigenvalue weighted by Crippen LogP contribution is 2.22. The summed E-state index contributed by atoms with van der Waals surface area (Å²) in [6.07, 6.45) is 0. The molecule has 10 heteroatoms. The van der Waals surface area contributed by atoms with Gasteiger partial charge in [0.2, 0.25) is 15.7 Å². The summed E-state index contributed by atoms with van der Waals surface area (Å²) < 4.78 is 27.3. The molecule has 0 bridgehead atoms. The molecule has 1 aromatic carbocycles. The Morgan fingerprint density at radius 1 is 1.32 bits per heavy atom. The monoisotopic (exact) mass is 284 g/mol. The van der Waals surface area contributed by atoms with E-state index in [0.717, 1.165) is 0 Å². The van der Waals surface area contributed by atoms with E-state index in [4.69, 9.17) is 15.0 Å². The van der Waals surface area contributed by atoms with Crippen LogP contribution in [0.3, 0.4) is 0 Å². The fourth-order valence-corrected chi connectivity index (χ4v) is 1.76. The minimum atomic E-state index is -3.79. The van der Waals surface area contributed by atoms with Crippen molar-refractivity contribution < 1.29 is 23.1 Å². The summed E-state index contributed by atoms with van der Waals surface area (Å²) in [5.74, 6) is -1.25. The Morgan fingerprint density at radius 3 is 2.47 bits per heavy atom. The third-order valence-electron chi connectivity index (χ3n) is 2.09. The number of hydrogen-bond donors (Lipinski definition) is 3. The first-order valence-corrected chi connectivity index (χ1v) is 6.37. The minimum Gasteiger partial charge on any atom is -0.476 e. The van der Waals surface area contributed by atoms with Crippen molar-refractivity contribution in [1.29, 1.82) is 0 Å². The smallest absolute Gasteiger partial charge is 0.362 e. The Balaban J connectivity index is 2.25. The lowest BCUT2D eigenvalue weighted by Gasteiger charge is -2.04. The minimum absolute atomic E-state index is 0.0824. The van der Waals surface area contributed by atoms with Crippen molar-refractivity contribution in [2.24, 2.45) is 5.14 Å². The average Bonchev–Trinajstić information content (AvgIpc) is 2.77. The number of ether oxygens (including phenoxy) is 1. The van der Waals surface area contributed by atoms with Crippen molar-refractivity contribution in [2.45, 2.75) is 4.90 Å². The molecule has 0 unspecified atom stereocenters. The van der Waals surface area contributed by atoms with Crippen molar-refractivity contribution in [3.8, 4) is 11.6 Å². The number of primary sulfonamides is 1. The van der Waals surface area contributed by atoms with Crippen LogP contribution in [0.1, 0.15) is 10.5 Å². The van der Waals surface area contributed by atoms with Gasteiger partial charge in [0, 0.05) is 0 Å². The number of rotatable bonds is 4. The largest absolute Gasteiger partial charge is 0.476 e. The number of carboxylic acid groups (broad SMARTS) is 1. The van der Waals surface area contributed by atoms with Gasteiger partial charge in [0.1, 0.15) is 5.75 Å². The predicted molar refractivity (Wildman–Crippen MR) is 61.2 cm³/mol. The highest BCUT2D eigenvalue weighted by atomic mass is 32.2. The second kappa shape index (κ2) is 4.66. The Hall–Kier alpha value is -2.46. The first-order valence-electron chi connectivity index (χ1n) is 4.83. The average molecular weight is 284 g/mol. The molecule has 0 aliphatic rings. The van der Waals surface area contributed by atoms with Gasteiger partial charge in [-0.25, -0.2) is 23.4 Å². The molecule has 100 valence electrons. The van der Waals surface area contributed by atoms with Crippen molar-refractivity contribution in [3.05, 3.63) is 30.0 Å². The standard InChI is InChI=1S/C9H8N4O5S/c10-19(16,17)6-3-1-5(2-4-6)18-8-7(9(14)15)11-13-12-8/h1-4H,(H,14,15)(H2,10,16,17)(H,11,12,13). The first-order chi connectivity index (χ1) is 8.88. The van der Waals surface area contributed by atoms with E-state index in [1.807, 2.05) is 0 Å². The van der Waals surface area contributed by atoms with Gasteiger partial charge in [-0.1, -0.05) is 5.21 Å².